The van der Waals surface area contributed by atoms with Gasteiger partial charge in [-0.05, 0) is 47.7 Å². The molecule has 1 aliphatic carbocycles. The van der Waals surface area contributed by atoms with Crippen LogP contribution >= 0.6 is 11.6 Å². The van der Waals surface area contributed by atoms with Gasteiger partial charge in [-0.3, -0.25) is 9.59 Å². The summed E-state index contributed by atoms with van der Waals surface area (Å²) in [5.41, 5.74) is 4.56. The number of benzene rings is 2. The lowest BCUT2D eigenvalue weighted by atomic mass is 10.0. The molecule has 2 aromatic rings. The Morgan fingerprint density at radius 1 is 1.11 bits per heavy atom. The van der Waals surface area contributed by atoms with Crippen LogP contribution in [0.1, 0.15) is 27.9 Å². The molecule has 0 saturated carbocycles. The number of anilines is 1. The van der Waals surface area contributed by atoms with E-state index in [1.165, 1.54) is 16.0 Å². The van der Waals surface area contributed by atoms with Crippen LogP contribution in [0.4, 0.5) is 5.69 Å². The van der Waals surface area contributed by atoms with Crippen molar-refractivity contribution < 1.29 is 9.59 Å². The Kier molecular flexibility index (Phi) is 5.05. The number of likely N-dealkylation sites (N-methyl/N-ethyl adjacent to an activating group) is 1. The highest BCUT2D eigenvalue weighted by Crippen LogP contribution is 2.27. The van der Waals surface area contributed by atoms with Gasteiger partial charge in [0, 0.05) is 18.5 Å². The second-order valence-electron chi connectivity index (χ2n) is 7.20. The summed E-state index contributed by atoms with van der Waals surface area (Å²) in [6.07, 6.45) is 8.92. The lowest BCUT2D eigenvalue weighted by Gasteiger charge is -2.21. The highest BCUT2D eigenvalue weighted by molar-refractivity contribution is 6.31. The Hall–Kier alpha value is -2.85. The van der Waals surface area contributed by atoms with Crippen molar-refractivity contribution in [3.63, 3.8) is 0 Å². The molecule has 0 radical (unpaired) electrons. The third-order valence-corrected chi connectivity index (χ3v) is 5.45. The third kappa shape index (κ3) is 3.73. The standard InChI is InChI=1S/C23H21ClN2O2/c1-26-21-11-10-18(24)14-19(21)22(27)25-20(23(26)28)13-17-8-6-16(7-9-17)12-15-4-2-3-5-15/h2,4-11,14,20H,3,12-13H2,1H3,(H,25,27). The normalized spacial score (nSPS) is 18.6. The van der Waals surface area contributed by atoms with Crippen LogP contribution in [-0.2, 0) is 17.6 Å². The lowest BCUT2D eigenvalue weighted by Crippen LogP contribution is -2.45. The maximum atomic E-state index is 12.9. The fourth-order valence-electron chi connectivity index (χ4n) is 3.67. The van der Waals surface area contributed by atoms with E-state index in [-0.39, 0.29) is 11.8 Å². The Labute approximate surface area is 169 Å². The van der Waals surface area contributed by atoms with E-state index in [9.17, 15) is 9.59 Å². The molecule has 4 nitrogen and oxygen atoms in total. The van der Waals surface area contributed by atoms with E-state index in [4.69, 9.17) is 11.6 Å². The van der Waals surface area contributed by atoms with Crippen molar-refractivity contribution in [2.75, 3.05) is 11.9 Å². The average Bonchev–Trinajstić information content (AvgIpc) is 3.18. The number of carbonyl (C=O) groups excluding carboxylic acids is 2. The Morgan fingerprint density at radius 2 is 1.86 bits per heavy atom. The quantitative estimate of drug-likeness (QED) is 0.852. The van der Waals surface area contributed by atoms with Crippen LogP contribution in [-0.4, -0.2) is 24.9 Å². The van der Waals surface area contributed by atoms with Gasteiger partial charge >= 0.3 is 0 Å². The Morgan fingerprint density at radius 3 is 2.57 bits per heavy atom. The second-order valence-corrected chi connectivity index (χ2v) is 7.64. The van der Waals surface area contributed by atoms with Crippen LogP contribution in [0.2, 0.25) is 5.02 Å². The average molecular weight is 393 g/mol. The highest BCUT2D eigenvalue weighted by atomic mass is 35.5. The summed E-state index contributed by atoms with van der Waals surface area (Å²) in [6.45, 7) is 0. The fraction of sp³-hybridized carbons (Fsp3) is 0.217. The first-order valence-corrected chi connectivity index (χ1v) is 9.70. The minimum absolute atomic E-state index is 0.139. The van der Waals surface area contributed by atoms with Crippen LogP contribution in [0.15, 0.2) is 66.3 Å². The monoisotopic (exact) mass is 392 g/mol. The zero-order chi connectivity index (χ0) is 19.7. The molecule has 142 valence electrons. The summed E-state index contributed by atoms with van der Waals surface area (Å²) in [7, 11) is 1.69. The molecule has 2 amide bonds. The molecule has 0 spiro atoms. The molecule has 4 rings (SSSR count). The van der Waals surface area contributed by atoms with Crippen LogP contribution in [0.25, 0.3) is 0 Å². The van der Waals surface area contributed by atoms with E-state index in [2.05, 4.69) is 35.7 Å². The van der Waals surface area contributed by atoms with Crippen molar-refractivity contribution in [1.29, 1.82) is 0 Å². The van der Waals surface area contributed by atoms with E-state index in [0.717, 1.165) is 18.4 Å². The summed E-state index contributed by atoms with van der Waals surface area (Å²) in [4.78, 5) is 27.1. The number of amides is 2. The number of fused-ring (bicyclic) bond motifs is 1. The molecule has 0 bridgehead atoms. The number of halogens is 1. The van der Waals surface area contributed by atoms with Crippen molar-refractivity contribution in [2.24, 2.45) is 0 Å². The Balaban J connectivity index is 1.51. The molecule has 1 N–H and O–H groups in total. The van der Waals surface area contributed by atoms with Gasteiger partial charge in [-0.25, -0.2) is 0 Å². The van der Waals surface area contributed by atoms with Crippen molar-refractivity contribution in [3.05, 3.63) is 88.0 Å². The molecule has 0 aromatic heterocycles. The second kappa shape index (κ2) is 7.64. The number of nitrogens with one attached hydrogen (secondary N) is 1. The van der Waals surface area contributed by atoms with E-state index < -0.39 is 6.04 Å². The third-order valence-electron chi connectivity index (χ3n) is 5.22. The Bertz CT molecular complexity index is 992. The molecular weight excluding hydrogens is 372 g/mol. The van der Waals surface area contributed by atoms with Gasteiger partial charge in [-0.1, -0.05) is 54.1 Å². The molecule has 1 aliphatic heterocycles. The molecule has 2 aromatic carbocycles. The van der Waals surface area contributed by atoms with Crippen LogP contribution in [0.3, 0.4) is 0 Å². The maximum absolute atomic E-state index is 12.9. The van der Waals surface area contributed by atoms with E-state index in [0.29, 0.717) is 22.7 Å². The first-order valence-electron chi connectivity index (χ1n) is 9.32. The van der Waals surface area contributed by atoms with Gasteiger partial charge in [0.1, 0.15) is 6.04 Å². The van der Waals surface area contributed by atoms with Crippen molar-refractivity contribution in [2.45, 2.75) is 25.3 Å². The van der Waals surface area contributed by atoms with Crippen LogP contribution < -0.4 is 10.2 Å². The molecule has 28 heavy (non-hydrogen) atoms. The summed E-state index contributed by atoms with van der Waals surface area (Å²) in [6, 6.07) is 12.6. The van der Waals surface area contributed by atoms with Crippen molar-refractivity contribution in [1.82, 2.24) is 5.32 Å². The van der Waals surface area contributed by atoms with Gasteiger partial charge < -0.3 is 10.2 Å². The highest BCUT2D eigenvalue weighted by Gasteiger charge is 2.31. The smallest absolute Gasteiger partial charge is 0.254 e. The SMILES string of the molecule is CN1C(=O)C(Cc2ccc(CC3=CCC=C3)cc2)NC(=O)c2cc(Cl)ccc21. The van der Waals surface area contributed by atoms with Gasteiger partial charge in [0.15, 0.2) is 0 Å². The number of carbonyl (C=O) groups is 2. The summed E-state index contributed by atoms with van der Waals surface area (Å²) in [5.74, 6) is -0.420. The van der Waals surface area contributed by atoms with Crippen molar-refractivity contribution in [3.8, 4) is 0 Å². The van der Waals surface area contributed by atoms with Crippen LogP contribution in [0, 0.1) is 0 Å². The van der Waals surface area contributed by atoms with Crippen molar-refractivity contribution >= 4 is 29.1 Å². The van der Waals surface area contributed by atoms with Crippen LogP contribution in [0.5, 0.6) is 0 Å². The molecule has 1 atom stereocenters. The summed E-state index contributed by atoms with van der Waals surface area (Å²) >= 11 is 6.03. The predicted molar refractivity (Wildman–Crippen MR) is 112 cm³/mol. The number of rotatable bonds is 4. The first-order chi connectivity index (χ1) is 13.5. The largest absolute Gasteiger partial charge is 0.340 e. The number of allylic oxidation sites excluding steroid dienone is 4. The molecular formula is C23H21ClN2O2. The van der Waals surface area contributed by atoms with E-state index in [1.807, 2.05) is 12.1 Å². The minimum Gasteiger partial charge on any atom is -0.340 e. The predicted octanol–water partition coefficient (Wildman–Crippen LogP) is 4.09. The summed E-state index contributed by atoms with van der Waals surface area (Å²) < 4.78 is 0. The van der Waals surface area contributed by atoms with Gasteiger partial charge in [0.2, 0.25) is 5.91 Å². The molecule has 5 heteroatoms. The zero-order valence-corrected chi connectivity index (χ0v) is 16.4. The lowest BCUT2D eigenvalue weighted by molar-refractivity contribution is -0.120. The molecule has 2 aliphatic rings. The van der Waals surface area contributed by atoms with Gasteiger partial charge in [-0.15, -0.1) is 0 Å². The maximum Gasteiger partial charge on any atom is 0.254 e. The fourth-order valence-corrected chi connectivity index (χ4v) is 3.85. The zero-order valence-electron chi connectivity index (χ0n) is 15.6. The van der Waals surface area contributed by atoms with E-state index in [1.54, 1.807) is 25.2 Å². The minimum atomic E-state index is -0.616. The van der Waals surface area contributed by atoms with Gasteiger partial charge in [-0.2, -0.15) is 0 Å². The van der Waals surface area contributed by atoms with E-state index >= 15 is 0 Å². The number of hydrogen-bond donors (Lipinski definition) is 1. The first kappa shape index (κ1) is 18.5. The molecule has 1 heterocycles. The molecule has 1 unspecified atom stereocenters. The summed E-state index contributed by atoms with van der Waals surface area (Å²) in [5, 5.41) is 3.33. The number of hydrogen-bond acceptors (Lipinski definition) is 2. The molecule has 0 saturated heterocycles. The number of nitrogens with zero attached hydrogens (tertiary/aromatic N) is 1. The topological polar surface area (TPSA) is 49.4 Å². The van der Waals surface area contributed by atoms with Gasteiger partial charge in [0.25, 0.3) is 5.91 Å². The molecule has 0 fully saturated rings. The van der Waals surface area contributed by atoms with Gasteiger partial charge in [0.05, 0.1) is 11.3 Å².